The van der Waals surface area contributed by atoms with Crippen LogP contribution in [0.15, 0.2) is 67.3 Å². The van der Waals surface area contributed by atoms with Crippen molar-refractivity contribution in [2.75, 3.05) is 35.6 Å². The van der Waals surface area contributed by atoms with Crippen LogP contribution in [0.3, 0.4) is 0 Å². The van der Waals surface area contributed by atoms with Crippen molar-refractivity contribution in [2.45, 2.75) is 32.4 Å². The van der Waals surface area contributed by atoms with Gasteiger partial charge in [0, 0.05) is 61.5 Å². The summed E-state index contributed by atoms with van der Waals surface area (Å²) in [5.74, 6) is 1.19. The molecular weight excluding hydrogens is 549 g/mol. The molecule has 3 N–H and O–H groups in total. The summed E-state index contributed by atoms with van der Waals surface area (Å²) in [5, 5.41) is 9.17. The second-order valence-electron chi connectivity index (χ2n) is 9.83. The Bertz CT molecular complexity index is 1590. The van der Waals surface area contributed by atoms with Crippen LogP contribution in [-0.4, -0.2) is 55.9 Å². The molecule has 0 bridgehead atoms. The van der Waals surface area contributed by atoms with E-state index in [2.05, 4.69) is 30.9 Å². The Kier molecular flexibility index (Phi) is 8.36. The fourth-order valence-electron chi connectivity index (χ4n) is 4.58. The summed E-state index contributed by atoms with van der Waals surface area (Å²) >= 11 is 0. The Morgan fingerprint density at radius 2 is 1.93 bits per heavy atom. The molecule has 13 heteroatoms. The highest BCUT2D eigenvalue weighted by atomic mass is 19.4. The van der Waals surface area contributed by atoms with E-state index in [0.717, 1.165) is 37.1 Å². The summed E-state index contributed by atoms with van der Waals surface area (Å²) < 4.78 is 41.0. The maximum absolute atomic E-state index is 13.1. The Morgan fingerprint density at radius 3 is 2.71 bits per heavy atom. The number of alkyl halides is 3. The normalized spacial score (nSPS) is 13.3. The van der Waals surface area contributed by atoms with Gasteiger partial charge in [-0.25, -0.2) is 15.0 Å². The molecule has 0 atom stereocenters. The van der Waals surface area contributed by atoms with Gasteiger partial charge in [0.15, 0.2) is 0 Å². The molecule has 0 aliphatic carbocycles. The van der Waals surface area contributed by atoms with Crippen molar-refractivity contribution >= 4 is 35.0 Å². The van der Waals surface area contributed by atoms with Crippen molar-refractivity contribution in [1.29, 1.82) is 0 Å². The van der Waals surface area contributed by atoms with Gasteiger partial charge in [-0.05, 0) is 55.7 Å². The van der Waals surface area contributed by atoms with Crippen LogP contribution in [0, 0.1) is 6.92 Å². The highest BCUT2D eigenvalue weighted by molar-refractivity contribution is 6.04. The molecule has 1 aliphatic heterocycles. The lowest BCUT2D eigenvalue weighted by Crippen LogP contribution is -2.27. The Labute approximate surface area is 240 Å². The largest absolute Gasteiger partial charge is 0.416 e. The van der Waals surface area contributed by atoms with Crippen molar-refractivity contribution in [3.8, 4) is 5.82 Å². The number of rotatable bonds is 10. The third kappa shape index (κ3) is 6.85. The number of benzene rings is 2. The minimum Gasteiger partial charge on any atom is -0.370 e. The molecular formula is C29H29F3N8O2. The van der Waals surface area contributed by atoms with E-state index in [1.54, 1.807) is 41.2 Å². The fourth-order valence-corrected chi connectivity index (χ4v) is 4.58. The van der Waals surface area contributed by atoms with Crippen molar-refractivity contribution in [3.05, 3.63) is 83.9 Å². The second kappa shape index (κ2) is 12.3. The van der Waals surface area contributed by atoms with Crippen LogP contribution in [0.4, 0.5) is 36.3 Å². The molecule has 4 aromatic rings. The first kappa shape index (κ1) is 28.6. The number of carbonyl (C=O) groups is 2. The molecule has 42 heavy (non-hydrogen) atoms. The number of hydrogen-bond donors (Lipinski definition) is 3. The standard InChI is InChI=1S/C29H29F3N8O2/c1-19-8-9-22(37-27(42)20-5-2-6-21(15-20)29(30,31)32)16-23(19)38-28-34-11-14-40(28)25-17-24(35-18-36-25)33-10-4-13-39-12-3-7-26(39)41/h2,5-6,8-9,11,14-18H,3-4,7,10,12-13H2,1H3,(H,34,38)(H,37,42)(H,33,35,36). The van der Waals surface area contributed by atoms with Crippen molar-refractivity contribution in [3.63, 3.8) is 0 Å². The van der Waals surface area contributed by atoms with Gasteiger partial charge in [-0.3, -0.25) is 14.2 Å². The van der Waals surface area contributed by atoms with E-state index < -0.39 is 17.6 Å². The van der Waals surface area contributed by atoms with Crippen LogP contribution in [0.25, 0.3) is 5.82 Å². The lowest BCUT2D eigenvalue weighted by atomic mass is 10.1. The first-order valence-electron chi connectivity index (χ1n) is 13.4. The van der Waals surface area contributed by atoms with Crippen LogP contribution in [0.5, 0.6) is 0 Å². The molecule has 1 fully saturated rings. The summed E-state index contributed by atoms with van der Waals surface area (Å²) in [6.45, 7) is 4.04. The Hall–Kier alpha value is -4.94. The number of amides is 2. The quantitative estimate of drug-likeness (QED) is 0.216. The van der Waals surface area contributed by atoms with E-state index in [-0.39, 0.29) is 11.5 Å². The highest BCUT2D eigenvalue weighted by Crippen LogP contribution is 2.30. The molecule has 10 nitrogen and oxygen atoms in total. The molecule has 0 saturated carbocycles. The molecule has 1 saturated heterocycles. The monoisotopic (exact) mass is 578 g/mol. The van der Waals surface area contributed by atoms with Crippen LogP contribution < -0.4 is 16.0 Å². The van der Waals surface area contributed by atoms with Gasteiger partial charge in [-0.15, -0.1) is 0 Å². The summed E-state index contributed by atoms with van der Waals surface area (Å²) in [6.07, 6.45) is 2.59. The Morgan fingerprint density at radius 1 is 1.07 bits per heavy atom. The van der Waals surface area contributed by atoms with Crippen molar-refractivity contribution < 1.29 is 22.8 Å². The number of halogens is 3. The average Bonchev–Trinajstić information content (AvgIpc) is 3.61. The second-order valence-corrected chi connectivity index (χ2v) is 9.83. The van der Waals surface area contributed by atoms with Gasteiger partial charge in [0.1, 0.15) is 18.0 Å². The minimum absolute atomic E-state index is 0.104. The van der Waals surface area contributed by atoms with Crippen LogP contribution >= 0.6 is 0 Å². The number of aromatic nitrogens is 4. The van der Waals surface area contributed by atoms with Gasteiger partial charge in [0.05, 0.1) is 5.56 Å². The zero-order valence-corrected chi connectivity index (χ0v) is 22.8. The zero-order valence-electron chi connectivity index (χ0n) is 22.8. The molecule has 2 aromatic carbocycles. The first-order chi connectivity index (χ1) is 20.2. The summed E-state index contributed by atoms with van der Waals surface area (Å²) in [4.78, 5) is 39.4. The Balaban J connectivity index is 1.25. The van der Waals surface area contributed by atoms with Crippen molar-refractivity contribution in [2.24, 2.45) is 0 Å². The number of nitrogens with one attached hydrogen (secondary N) is 3. The average molecular weight is 579 g/mol. The molecule has 3 heterocycles. The van der Waals surface area contributed by atoms with E-state index in [4.69, 9.17) is 0 Å². The van der Waals surface area contributed by atoms with Crippen LogP contribution in [-0.2, 0) is 11.0 Å². The van der Waals surface area contributed by atoms with Crippen LogP contribution in [0.1, 0.15) is 40.7 Å². The van der Waals surface area contributed by atoms with Gasteiger partial charge in [-0.2, -0.15) is 13.2 Å². The number of imidazole rings is 1. The van der Waals surface area contributed by atoms with E-state index in [1.165, 1.54) is 18.5 Å². The number of carbonyl (C=O) groups excluding carboxylic acids is 2. The van der Waals surface area contributed by atoms with E-state index in [0.29, 0.717) is 48.5 Å². The molecule has 1 aliphatic rings. The molecule has 0 unspecified atom stereocenters. The molecule has 2 amide bonds. The number of nitrogens with zero attached hydrogens (tertiary/aromatic N) is 5. The molecule has 2 aromatic heterocycles. The molecule has 218 valence electrons. The predicted molar refractivity (Wildman–Crippen MR) is 152 cm³/mol. The smallest absolute Gasteiger partial charge is 0.370 e. The van der Waals surface area contributed by atoms with Gasteiger partial charge >= 0.3 is 6.18 Å². The number of aryl methyl sites for hydroxylation is 1. The van der Waals surface area contributed by atoms with Gasteiger partial charge < -0.3 is 20.9 Å². The maximum Gasteiger partial charge on any atom is 0.416 e. The summed E-state index contributed by atoms with van der Waals surface area (Å²) in [5.41, 5.74) is 0.882. The minimum atomic E-state index is -4.55. The lowest BCUT2D eigenvalue weighted by Gasteiger charge is -2.16. The molecule has 0 radical (unpaired) electrons. The zero-order chi connectivity index (χ0) is 29.7. The first-order valence-corrected chi connectivity index (χ1v) is 13.4. The van der Waals surface area contributed by atoms with E-state index >= 15 is 0 Å². The van der Waals surface area contributed by atoms with E-state index in [9.17, 15) is 22.8 Å². The predicted octanol–water partition coefficient (Wildman–Crippen LogP) is 5.41. The number of likely N-dealkylation sites (tertiary alicyclic amines) is 1. The van der Waals surface area contributed by atoms with Crippen LogP contribution in [0.2, 0.25) is 0 Å². The van der Waals surface area contributed by atoms with Crippen molar-refractivity contribution in [1.82, 2.24) is 24.4 Å². The SMILES string of the molecule is Cc1ccc(NC(=O)c2cccc(C(F)(F)F)c2)cc1Nc1nccn1-c1cc(NCCCN2CCCC2=O)ncn1. The maximum atomic E-state index is 13.1. The number of hydrogen-bond acceptors (Lipinski definition) is 7. The van der Waals surface area contributed by atoms with Gasteiger partial charge in [-0.1, -0.05) is 12.1 Å². The van der Waals surface area contributed by atoms with Gasteiger partial charge in [0.25, 0.3) is 5.91 Å². The molecule has 5 rings (SSSR count). The lowest BCUT2D eigenvalue weighted by molar-refractivity contribution is -0.137. The topological polar surface area (TPSA) is 117 Å². The molecule has 0 spiro atoms. The summed E-state index contributed by atoms with van der Waals surface area (Å²) in [6, 6.07) is 11.2. The fraction of sp³-hybridized carbons (Fsp3) is 0.276. The van der Waals surface area contributed by atoms with Gasteiger partial charge in [0.2, 0.25) is 11.9 Å². The highest BCUT2D eigenvalue weighted by Gasteiger charge is 2.31. The number of anilines is 4. The summed E-state index contributed by atoms with van der Waals surface area (Å²) in [7, 11) is 0. The third-order valence-electron chi connectivity index (χ3n) is 6.82. The van der Waals surface area contributed by atoms with E-state index in [1.807, 2.05) is 11.8 Å². The third-order valence-corrected chi connectivity index (χ3v) is 6.82.